The Morgan fingerprint density at radius 1 is 0.286 bits per heavy atom. The van der Waals surface area contributed by atoms with E-state index in [-0.39, 0.29) is 0 Å². The van der Waals surface area contributed by atoms with Crippen molar-refractivity contribution in [1.29, 1.82) is 0 Å². The third-order valence-electron chi connectivity index (χ3n) is 10.2. The number of nitrogens with zero attached hydrogens (tertiary/aromatic N) is 2. The summed E-state index contributed by atoms with van der Waals surface area (Å²) in [6, 6.07) is 2.26. The highest BCUT2D eigenvalue weighted by Crippen LogP contribution is 2.40. The van der Waals surface area contributed by atoms with Gasteiger partial charge in [0.2, 0.25) is 34.8 Å². The first-order chi connectivity index (χ1) is 32.9. The van der Waals surface area contributed by atoms with E-state index in [1.807, 2.05) is 9.97 Å². The number of nitrogens with one attached hydrogen (secondary N) is 2. The van der Waals surface area contributed by atoms with Gasteiger partial charge in [-0.15, -0.1) is 0 Å². The van der Waals surface area contributed by atoms with E-state index in [1.165, 1.54) is 0 Å². The number of ketones is 2. The second-order valence-corrected chi connectivity index (χ2v) is 14.2. The lowest BCUT2D eigenvalue weighted by atomic mass is 9.98. The molecule has 358 valence electrons. The van der Waals surface area contributed by atoms with Crippen LogP contribution in [0.3, 0.4) is 0 Å². The Labute approximate surface area is 372 Å². The Kier molecular flexibility index (Phi) is 11.9. The lowest BCUT2D eigenvalue weighted by molar-refractivity contribution is 0.101. The molecule has 4 aromatic carbocycles. The van der Waals surface area contributed by atoms with Crippen LogP contribution in [0.1, 0.15) is 54.6 Å². The predicted molar refractivity (Wildman–Crippen MR) is 199 cm³/mol. The van der Waals surface area contributed by atoms with Crippen molar-refractivity contribution in [1.82, 2.24) is 9.97 Å². The van der Waals surface area contributed by atoms with E-state index in [9.17, 15) is 79.8 Å². The number of aliphatic imine (C=N–C) groups is 2. The molecule has 0 bridgehead atoms. The van der Waals surface area contributed by atoms with E-state index in [4.69, 9.17) is 0 Å². The summed E-state index contributed by atoms with van der Waals surface area (Å²) in [5, 5.41) is 0. The van der Waals surface area contributed by atoms with Gasteiger partial charge in [0.05, 0.1) is 45.3 Å². The second kappa shape index (κ2) is 17.3. The minimum Gasteiger partial charge on any atom is -0.352 e. The number of hydrogen-bond acceptors (Lipinski definition) is 4. The van der Waals surface area contributed by atoms with Crippen molar-refractivity contribution in [2.75, 3.05) is 0 Å². The second-order valence-electron chi connectivity index (χ2n) is 14.2. The van der Waals surface area contributed by atoms with Crippen LogP contribution in [0.5, 0.6) is 0 Å². The number of H-pyrrole nitrogens is 2. The van der Waals surface area contributed by atoms with Gasteiger partial charge in [-0.3, -0.25) is 9.59 Å². The molecule has 26 heteroatoms. The van der Waals surface area contributed by atoms with Gasteiger partial charge in [0.25, 0.3) is 0 Å². The van der Waals surface area contributed by atoms with Gasteiger partial charge in [-0.2, -0.15) is 0 Å². The van der Waals surface area contributed by atoms with Crippen molar-refractivity contribution in [2.45, 2.75) is 0 Å². The summed E-state index contributed by atoms with van der Waals surface area (Å²) in [4.78, 5) is 38.2. The average molecular weight is 1010 g/mol. The van der Waals surface area contributed by atoms with Crippen LogP contribution in [0, 0.1) is 116 Å². The normalized spacial score (nSPS) is 14.8. The summed E-state index contributed by atoms with van der Waals surface area (Å²) in [7, 11) is 0. The fourth-order valence-electron chi connectivity index (χ4n) is 6.96. The highest BCUT2D eigenvalue weighted by Gasteiger charge is 2.36. The van der Waals surface area contributed by atoms with E-state index in [0.29, 0.717) is 24.3 Å². The number of halogens is 20. The molecule has 0 saturated heterocycles. The van der Waals surface area contributed by atoms with E-state index in [1.54, 1.807) is 0 Å². The molecule has 2 aliphatic rings. The first-order valence-corrected chi connectivity index (χ1v) is 18.5. The number of aromatic nitrogens is 2. The molecule has 0 fully saturated rings. The van der Waals surface area contributed by atoms with Crippen molar-refractivity contribution in [3.8, 4) is 0 Å². The Bertz CT molecular complexity index is 3250. The third-order valence-corrected chi connectivity index (χ3v) is 10.2. The molecule has 8 rings (SSSR count). The number of carbonyl (C=O) groups is 2. The van der Waals surface area contributed by atoms with Gasteiger partial charge in [0.15, 0.2) is 93.1 Å². The molecule has 70 heavy (non-hydrogen) atoms. The van der Waals surface area contributed by atoms with Crippen LogP contribution in [-0.4, -0.2) is 33.0 Å². The van der Waals surface area contributed by atoms with Gasteiger partial charge < -0.3 is 9.97 Å². The van der Waals surface area contributed by atoms with Crippen molar-refractivity contribution in [3.63, 3.8) is 0 Å². The van der Waals surface area contributed by atoms with Gasteiger partial charge in [0.1, 0.15) is 11.1 Å². The summed E-state index contributed by atoms with van der Waals surface area (Å²) in [6.07, 6.45) is 3.20. The maximum Gasteiger partial charge on any atom is 0.215 e. The molecule has 0 spiro atoms. The third kappa shape index (κ3) is 7.31. The fraction of sp³-hybridized carbons (Fsp3) is 0. The Balaban J connectivity index is 1.30. The Morgan fingerprint density at radius 2 is 0.500 bits per heavy atom. The summed E-state index contributed by atoms with van der Waals surface area (Å²) < 4.78 is 290. The molecule has 6 aromatic rings. The first kappa shape index (κ1) is 48.1. The zero-order valence-electron chi connectivity index (χ0n) is 32.9. The quantitative estimate of drug-likeness (QED) is 0.0654. The summed E-state index contributed by atoms with van der Waals surface area (Å²) in [6.45, 7) is 0. The summed E-state index contributed by atoms with van der Waals surface area (Å²) in [5.41, 5.74) is -17.0. The topological polar surface area (TPSA) is 90.4 Å². The standard InChI is InChI=1S/C44H10F20N4O2/c45-23-19(24(46)32(54)39(61)31(23)53)17(13-5-7-15(67-13)43(69)21-27(49)35(57)41(63)36(58)28(21)50)11-3-1-9(65-11)10-2-4-12(66-10)18(20-25(47)33(55)40(62)34(56)26(20)48)14-6-8-16(68-14)44(70)22-29(51)37(59)42(64)38(60)30(22)52/h1-8,67-68H. The van der Waals surface area contributed by atoms with Crippen LogP contribution >= 0.6 is 0 Å². The first-order valence-electron chi connectivity index (χ1n) is 18.5. The van der Waals surface area contributed by atoms with Gasteiger partial charge in [0, 0.05) is 22.5 Å². The molecule has 2 aliphatic heterocycles. The van der Waals surface area contributed by atoms with Crippen molar-refractivity contribution < 1.29 is 97.4 Å². The van der Waals surface area contributed by atoms with Crippen molar-refractivity contribution in [3.05, 3.63) is 221 Å². The lowest BCUT2D eigenvalue weighted by Gasteiger charge is -2.13. The predicted octanol–water partition coefficient (Wildman–Crippen LogP) is 11.8. The highest BCUT2D eigenvalue weighted by atomic mass is 19.2. The summed E-state index contributed by atoms with van der Waals surface area (Å²) >= 11 is 0. The molecule has 2 N–H and O–H groups in total. The maximum atomic E-state index is 15.5. The number of carbonyl (C=O) groups excluding carboxylic acids is 2. The molecule has 0 saturated carbocycles. The largest absolute Gasteiger partial charge is 0.352 e. The smallest absolute Gasteiger partial charge is 0.215 e. The minimum absolute atomic E-state index is 0.524. The molecule has 2 aromatic heterocycles. The molecule has 0 aliphatic carbocycles. The zero-order valence-corrected chi connectivity index (χ0v) is 32.9. The number of allylic oxidation sites excluding steroid dienone is 4. The Hall–Kier alpha value is -8.32. The van der Waals surface area contributed by atoms with Crippen LogP contribution < -0.4 is 0 Å². The van der Waals surface area contributed by atoms with Gasteiger partial charge in [-0.25, -0.2) is 97.8 Å². The SMILES string of the molecule is O=C(c1ccc(C(=C2C=CC(C3=NC(=C(c4ccc(C(=O)c5c(F)c(F)c(F)c(F)c5F)[nH]4)c4c(F)c(F)c(F)c(F)c4F)C=C3)=N2)c2c(F)c(F)c(F)c(F)c2F)[nH]1)c1c(F)c(F)c(F)c(F)c1F. The number of hydrogen-bond donors (Lipinski definition) is 2. The van der Waals surface area contributed by atoms with E-state index < -0.39 is 207 Å². The van der Waals surface area contributed by atoms with Crippen LogP contribution in [-0.2, 0) is 0 Å². The highest BCUT2D eigenvalue weighted by molar-refractivity contribution is 6.52. The van der Waals surface area contributed by atoms with Crippen LogP contribution in [0.4, 0.5) is 87.8 Å². The Morgan fingerprint density at radius 3 is 0.757 bits per heavy atom. The maximum absolute atomic E-state index is 15.5. The van der Waals surface area contributed by atoms with Gasteiger partial charge in [-0.1, -0.05) is 0 Å². The van der Waals surface area contributed by atoms with E-state index >= 15 is 17.6 Å². The number of rotatable bonds is 9. The number of aromatic amines is 2. The van der Waals surface area contributed by atoms with Crippen molar-refractivity contribution >= 4 is 34.1 Å². The molecule has 0 amide bonds. The number of benzene rings is 4. The van der Waals surface area contributed by atoms with Crippen LogP contribution in [0.2, 0.25) is 0 Å². The van der Waals surface area contributed by atoms with Crippen LogP contribution in [0.25, 0.3) is 11.1 Å². The monoisotopic (exact) mass is 1010 g/mol. The van der Waals surface area contributed by atoms with Crippen LogP contribution in [0.15, 0.2) is 69.9 Å². The van der Waals surface area contributed by atoms with Gasteiger partial charge in [-0.05, 0) is 48.6 Å². The molecule has 0 atom stereocenters. The molecule has 6 nitrogen and oxygen atoms in total. The summed E-state index contributed by atoms with van der Waals surface area (Å²) in [5.74, 6) is -56.1. The fourth-order valence-corrected chi connectivity index (χ4v) is 6.96. The molecule has 0 unspecified atom stereocenters. The molecular formula is C44H10F20N4O2. The van der Waals surface area contributed by atoms with E-state index in [0.717, 1.165) is 24.3 Å². The minimum atomic E-state index is -2.69. The molecular weight excluding hydrogens is 996 g/mol. The molecule has 0 radical (unpaired) electrons. The molecule has 4 heterocycles. The zero-order chi connectivity index (χ0) is 51.3. The van der Waals surface area contributed by atoms with Crippen molar-refractivity contribution in [2.24, 2.45) is 9.98 Å². The van der Waals surface area contributed by atoms with E-state index in [2.05, 4.69) is 9.98 Å². The lowest BCUT2D eigenvalue weighted by Crippen LogP contribution is -2.14. The average Bonchev–Trinajstić information content (AvgIpc) is 4.20. The van der Waals surface area contributed by atoms with Gasteiger partial charge >= 0.3 is 0 Å².